The molecule has 4 rings (SSSR count). The minimum absolute atomic E-state index is 0.0861. The van der Waals surface area contributed by atoms with Crippen LogP contribution in [0.15, 0.2) is 29.2 Å². The van der Waals surface area contributed by atoms with Gasteiger partial charge in [-0.15, -0.1) is 0 Å². The summed E-state index contributed by atoms with van der Waals surface area (Å²) in [5, 5.41) is 0. The van der Waals surface area contributed by atoms with E-state index >= 15 is 0 Å². The molecule has 3 aliphatic rings. The van der Waals surface area contributed by atoms with Crippen molar-refractivity contribution in [3.8, 4) is 0 Å². The van der Waals surface area contributed by atoms with Gasteiger partial charge in [-0.1, -0.05) is 17.7 Å². The molecule has 0 radical (unpaired) electrons. The molecule has 132 valence electrons. The summed E-state index contributed by atoms with van der Waals surface area (Å²) in [5.41, 5.74) is 0.964. The van der Waals surface area contributed by atoms with Crippen LogP contribution in [0.3, 0.4) is 0 Å². The van der Waals surface area contributed by atoms with Crippen LogP contribution in [0.5, 0.6) is 0 Å². The van der Waals surface area contributed by atoms with Crippen LogP contribution in [0.2, 0.25) is 0 Å². The minimum atomic E-state index is -3.97. The summed E-state index contributed by atoms with van der Waals surface area (Å²) < 4.78 is 53.6. The van der Waals surface area contributed by atoms with Gasteiger partial charge in [0.25, 0.3) is 10.1 Å². The van der Waals surface area contributed by atoms with Crippen molar-refractivity contribution in [2.24, 2.45) is 0 Å². The van der Waals surface area contributed by atoms with Gasteiger partial charge in [0.15, 0.2) is 18.2 Å². The monoisotopic (exact) mass is 356 g/mol. The van der Waals surface area contributed by atoms with Gasteiger partial charge in [0, 0.05) is 0 Å². The van der Waals surface area contributed by atoms with Gasteiger partial charge in [-0.05, 0) is 32.9 Å². The Morgan fingerprint density at radius 1 is 1.12 bits per heavy atom. The van der Waals surface area contributed by atoms with E-state index in [0.717, 1.165) is 5.56 Å². The standard InChI is InChI=1S/C16H20O7S/c1-9-4-6-10(7-5-9)24(17,18)23-14-13-12(21-16(2,3)22-13)11-8-19-15(14)20-11/h4-7,11-15H,8H2,1-3H3/t11?,12?,13-,14?,15?/m0/s1. The van der Waals surface area contributed by atoms with Crippen molar-refractivity contribution in [3.05, 3.63) is 29.8 Å². The zero-order valence-electron chi connectivity index (χ0n) is 13.7. The molecule has 0 N–H and O–H groups in total. The Bertz CT molecular complexity index is 727. The van der Waals surface area contributed by atoms with Crippen molar-refractivity contribution in [2.75, 3.05) is 6.61 Å². The predicted octanol–water partition coefficient (Wildman–Crippen LogP) is 1.34. The van der Waals surface area contributed by atoms with Gasteiger partial charge in [0.1, 0.15) is 18.3 Å². The number of hydrogen-bond acceptors (Lipinski definition) is 7. The lowest BCUT2D eigenvalue weighted by atomic mass is 10.0. The van der Waals surface area contributed by atoms with Crippen LogP contribution in [0.4, 0.5) is 0 Å². The summed E-state index contributed by atoms with van der Waals surface area (Å²) in [5.74, 6) is -0.821. The molecule has 0 aromatic heterocycles. The van der Waals surface area contributed by atoms with Crippen molar-refractivity contribution < 1.29 is 31.5 Å². The number of fused-ring (bicyclic) bond motifs is 4. The highest BCUT2D eigenvalue weighted by molar-refractivity contribution is 7.86. The first-order chi connectivity index (χ1) is 11.3. The van der Waals surface area contributed by atoms with Gasteiger partial charge in [0.05, 0.1) is 11.5 Å². The van der Waals surface area contributed by atoms with Crippen molar-refractivity contribution in [2.45, 2.75) is 62.2 Å². The first-order valence-corrected chi connectivity index (χ1v) is 9.29. The third-order valence-corrected chi connectivity index (χ3v) is 5.73. The van der Waals surface area contributed by atoms with E-state index in [1.165, 1.54) is 12.1 Å². The van der Waals surface area contributed by atoms with Crippen LogP contribution in [-0.4, -0.2) is 51.5 Å². The van der Waals surface area contributed by atoms with Gasteiger partial charge in [0.2, 0.25) is 0 Å². The third kappa shape index (κ3) is 2.77. The zero-order chi connectivity index (χ0) is 17.1. The summed E-state index contributed by atoms with van der Waals surface area (Å²) >= 11 is 0. The molecule has 4 unspecified atom stereocenters. The highest BCUT2D eigenvalue weighted by atomic mass is 32.2. The summed E-state index contributed by atoms with van der Waals surface area (Å²) in [7, 11) is -3.97. The Morgan fingerprint density at radius 2 is 1.79 bits per heavy atom. The van der Waals surface area contributed by atoms with Crippen molar-refractivity contribution in [1.82, 2.24) is 0 Å². The van der Waals surface area contributed by atoms with E-state index in [4.69, 9.17) is 23.1 Å². The predicted molar refractivity (Wildman–Crippen MR) is 81.7 cm³/mol. The molecule has 1 aromatic rings. The van der Waals surface area contributed by atoms with Crippen LogP contribution in [0.25, 0.3) is 0 Å². The molecule has 0 saturated carbocycles. The van der Waals surface area contributed by atoms with Crippen LogP contribution < -0.4 is 0 Å². The lowest BCUT2D eigenvalue weighted by Gasteiger charge is -2.34. The van der Waals surface area contributed by atoms with Gasteiger partial charge >= 0.3 is 0 Å². The average molecular weight is 356 g/mol. The van der Waals surface area contributed by atoms with E-state index in [1.54, 1.807) is 26.0 Å². The molecule has 0 amide bonds. The van der Waals surface area contributed by atoms with Gasteiger partial charge in [-0.2, -0.15) is 8.42 Å². The van der Waals surface area contributed by atoms with Crippen LogP contribution >= 0.6 is 0 Å². The topological polar surface area (TPSA) is 80.3 Å². The molecule has 8 heteroatoms. The van der Waals surface area contributed by atoms with E-state index in [-0.39, 0.29) is 11.0 Å². The Kier molecular flexibility index (Phi) is 3.76. The van der Waals surface area contributed by atoms with E-state index in [2.05, 4.69) is 0 Å². The maximum absolute atomic E-state index is 12.6. The second-order valence-electron chi connectivity index (χ2n) is 6.77. The lowest BCUT2D eigenvalue weighted by molar-refractivity contribution is -0.194. The van der Waals surface area contributed by atoms with E-state index < -0.39 is 40.5 Å². The highest BCUT2D eigenvalue weighted by Crippen LogP contribution is 2.42. The number of benzene rings is 1. The van der Waals surface area contributed by atoms with Gasteiger partial charge < -0.3 is 18.9 Å². The largest absolute Gasteiger partial charge is 0.347 e. The molecule has 3 fully saturated rings. The van der Waals surface area contributed by atoms with Crippen LogP contribution in [0, 0.1) is 6.92 Å². The minimum Gasteiger partial charge on any atom is -0.347 e. The number of ether oxygens (including phenoxy) is 4. The van der Waals surface area contributed by atoms with Crippen molar-refractivity contribution >= 4 is 10.1 Å². The highest BCUT2D eigenvalue weighted by Gasteiger charge is 2.60. The molecule has 3 saturated heterocycles. The first kappa shape index (κ1) is 16.4. The van der Waals surface area contributed by atoms with Crippen LogP contribution in [0.1, 0.15) is 19.4 Å². The molecule has 24 heavy (non-hydrogen) atoms. The molecule has 0 aliphatic carbocycles. The Hall–Kier alpha value is -1.03. The molecule has 3 heterocycles. The second-order valence-corrected chi connectivity index (χ2v) is 8.34. The van der Waals surface area contributed by atoms with Crippen molar-refractivity contribution in [3.63, 3.8) is 0 Å². The normalized spacial score (nSPS) is 37.4. The van der Waals surface area contributed by atoms with Crippen LogP contribution in [-0.2, 0) is 33.2 Å². The Labute approximate surface area is 140 Å². The van der Waals surface area contributed by atoms with Crippen molar-refractivity contribution in [1.29, 1.82) is 0 Å². The Morgan fingerprint density at radius 3 is 2.50 bits per heavy atom. The fraction of sp³-hybridized carbons (Fsp3) is 0.625. The fourth-order valence-corrected chi connectivity index (χ4v) is 4.38. The Balaban J connectivity index is 1.62. The van der Waals surface area contributed by atoms with E-state index in [9.17, 15) is 8.42 Å². The van der Waals surface area contributed by atoms with E-state index in [1.807, 2.05) is 6.92 Å². The molecule has 2 bridgehead atoms. The number of rotatable bonds is 3. The van der Waals surface area contributed by atoms with Gasteiger partial charge in [-0.3, -0.25) is 4.18 Å². The smallest absolute Gasteiger partial charge is 0.297 e. The molecule has 0 spiro atoms. The SMILES string of the molecule is Cc1ccc(S(=O)(=O)OC2C3OCC(O3)C3OC(C)(C)O[C@@H]32)cc1. The molecule has 3 aliphatic heterocycles. The molecule has 1 aromatic carbocycles. The third-order valence-electron chi connectivity index (χ3n) is 4.40. The molecule has 5 atom stereocenters. The van der Waals surface area contributed by atoms with Gasteiger partial charge in [-0.25, -0.2) is 0 Å². The maximum Gasteiger partial charge on any atom is 0.297 e. The summed E-state index contributed by atoms with van der Waals surface area (Å²) in [4.78, 5) is 0.0861. The second kappa shape index (κ2) is 5.48. The average Bonchev–Trinajstić information content (AvgIpc) is 3.07. The summed E-state index contributed by atoms with van der Waals surface area (Å²) in [6, 6.07) is 6.47. The van der Waals surface area contributed by atoms with E-state index in [0.29, 0.717) is 6.61 Å². The molecular formula is C16H20O7S. The fourth-order valence-electron chi connectivity index (χ4n) is 3.31. The number of aryl methyl sites for hydroxylation is 1. The quantitative estimate of drug-likeness (QED) is 0.756. The maximum atomic E-state index is 12.6. The molecule has 7 nitrogen and oxygen atoms in total. The molecular weight excluding hydrogens is 336 g/mol. The zero-order valence-corrected chi connectivity index (χ0v) is 14.5. The lowest BCUT2D eigenvalue weighted by Crippen LogP contribution is -2.53. The summed E-state index contributed by atoms with van der Waals surface area (Å²) in [6.07, 6.45) is -2.96. The first-order valence-electron chi connectivity index (χ1n) is 7.88. The number of hydrogen-bond donors (Lipinski definition) is 0. The summed E-state index contributed by atoms with van der Waals surface area (Å²) in [6.45, 7) is 5.78.